The monoisotopic (exact) mass is 372 g/mol. The van der Waals surface area contributed by atoms with Gasteiger partial charge in [-0.3, -0.25) is 4.79 Å². The van der Waals surface area contributed by atoms with Crippen molar-refractivity contribution in [2.75, 3.05) is 44.6 Å². The lowest BCUT2D eigenvalue weighted by atomic mass is 10.2. The zero-order chi connectivity index (χ0) is 19.8. The molecule has 0 radical (unpaired) electrons. The minimum atomic E-state index is -0.187. The lowest BCUT2D eigenvalue weighted by Gasteiger charge is -2.16. The highest BCUT2D eigenvalue weighted by Crippen LogP contribution is 2.13. The Balaban J connectivity index is 2.00. The molecule has 0 aliphatic carbocycles. The Hall–Kier alpha value is -2.90. The van der Waals surface area contributed by atoms with E-state index in [1.54, 1.807) is 21.9 Å². The summed E-state index contributed by atoms with van der Waals surface area (Å²) in [7, 11) is 7.45. The van der Waals surface area contributed by atoms with Gasteiger partial charge in [0.15, 0.2) is 5.82 Å². The van der Waals surface area contributed by atoms with Gasteiger partial charge >= 0.3 is 0 Å². The van der Waals surface area contributed by atoms with Gasteiger partial charge in [0.25, 0.3) is 5.91 Å². The molecule has 1 heterocycles. The predicted octanol–water partition coefficient (Wildman–Crippen LogP) is 2.11. The van der Waals surface area contributed by atoms with Gasteiger partial charge in [0.1, 0.15) is 5.75 Å². The molecule has 1 N–H and O–H groups in total. The molecule has 0 saturated heterocycles. The molecule has 0 saturated carbocycles. The molecule has 8 heteroatoms. The van der Waals surface area contributed by atoms with Crippen LogP contribution in [0, 0.1) is 0 Å². The summed E-state index contributed by atoms with van der Waals surface area (Å²) < 4.78 is 5.61. The number of hydrogen-bond acceptors (Lipinski definition) is 7. The second-order valence-corrected chi connectivity index (χ2v) is 6.55. The Morgan fingerprint density at radius 2 is 1.59 bits per heavy atom. The molecule has 27 heavy (non-hydrogen) atoms. The predicted molar refractivity (Wildman–Crippen MR) is 106 cm³/mol. The molecule has 0 aliphatic rings. The Morgan fingerprint density at radius 1 is 1.00 bits per heavy atom. The molecule has 0 atom stereocenters. The van der Waals surface area contributed by atoms with Crippen LogP contribution in [0.1, 0.15) is 35.9 Å². The maximum atomic E-state index is 12.4. The Kier molecular flexibility index (Phi) is 7.34. The molecule has 1 aromatic carbocycles. The first-order valence-electron chi connectivity index (χ1n) is 9.01. The fourth-order valence-corrected chi connectivity index (χ4v) is 2.17. The molecule has 0 bridgehead atoms. The van der Waals surface area contributed by atoms with Crippen LogP contribution in [0.15, 0.2) is 24.3 Å². The van der Waals surface area contributed by atoms with E-state index >= 15 is 0 Å². The minimum Gasteiger partial charge on any atom is -0.494 e. The molecule has 0 unspecified atom stereocenters. The minimum absolute atomic E-state index is 0.187. The number of unbranched alkanes of at least 4 members (excludes halogenated alkanes) is 1. The van der Waals surface area contributed by atoms with Gasteiger partial charge in [0.05, 0.1) is 13.2 Å². The number of carbonyl (C=O) groups is 1. The molecule has 0 fully saturated rings. The van der Waals surface area contributed by atoms with Gasteiger partial charge in [-0.15, -0.1) is 0 Å². The zero-order valence-electron chi connectivity index (χ0n) is 16.7. The smallest absolute Gasteiger partial charge is 0.251 e. The Labute approximate surface area is 160 Å². The van der Waals surface area contributed by atoms with Gasteiger partial charge < -0.3 is 19.9 Å². The molecule has 146 valence electrons. The summed E-state index contributed by atoms with van der Waals surface area (Å²) >= 11 is 0. The third-order valence-electron chi connectivity index (χ3n) is 3.75. The SMILES string of the molecule is CCCCOc1ccc(C(=O)NCc2nc(N(C)C)nc(N(C)C)n2)cc1. The Morgan fingerprint density at radius 3 is 2.11 bits per heavy atom. The number of ether oxygens (including phenoxy) is 1. The standard InChI is InChI=1S/C19H28N6O2/c1-6-7-12-27-15-10-8-14(9-11-15)17(26)20-13-16-21-18(24(2)3)23-19(22-16)25(4)5/h8-11H,6-7,12-13H2,1-5H3,(H,20,26). The highest BCUT2D eigenvalue weighted by atomic mass is 16.5. The van der Waals surface area contributed by atoms with Gasteiger partial charge in [0.2, 0.25) is 11.9 Å². The molecular formula is C19H28N6O2. The van der Waals surface area contributed by atoms with Gasteiger partial charge in [0, 0.05) is 33.8 Å². The number of nitrogens with zero attached hydrogens (tertiary/aromatic N) is 5. The van der Waals surface area contributed by atoms with Crippen molar-refractivity contribution in [3.63, 3.8) is 0 Å². The van der Waals surface area contributed by atoms with Crippen LogP contribution in [0.5, 0.6) is 5.75 Å². The van der Waals surface area contributed by atoms with Crippen LogP contribution in [-0.2, 0) is 6.54 Å². The third kappa shape index (κ3) is 6.09. The lowest BCUT2D eigenvalue weighted by molar-refractivity contribution is 0.0950. The van der Waals surface area contributed by atoms with Crippen molar-refractivity contribution in [1.29, 1.82) is 0 Å². The summed E-state index contributed by atoms with van der Waals surface area (Å²) in [5.74, 6) is 2.18. The second-order valence-electron chi connectivity index (χ2n) is 6.55. The largest absolute Gasteiger partial charge is 0.494 e. The number of aromatic nitrogens is 3. The summed E-state index contributed by atoms with van der Waals surface area (Å²) in [6, 6.07) is 7.12. The van der Waals surface area contributed by atoms with Gasteiger partial charge in [-0.05, 0) is 30.7 Å². The van der Waals surface area contributed by atoms with E-state index in [0.717, 1.165) is 18.6 Å². The van der Waals surface area contributed by atoms with Crippen LogP contribution in [0.2, 0.25) is 0 Å². The summed E-state index contributed by atoms with van der Waals surface area (Å²) in [4.78, 5) is 29.1. The maximum Gasteiger partial charge on any atom is 0.251 e. The highest BCUT2D eigenvalue weighted by Gasteiger charge is 2.11. The number of nitrogens with one attached hydrogen (secondary N) is 1. The summed E-state index contributed by atoms with van der Waals surface area (Å²) in [6.45, 7) is 3.02. The normalized spacial score (nSPS) is 10.4. The quantitative estimate of drug-likeness (QED) is 0.675. The average Bonchev–Trinajstić information content (AvgIpc) is 2.66. The van der Waals surface area contributed by atoms with E-state index in [4.69, 9.17) is 4.74 Å². The lowest BCUT2D eigenvalue weighted by Crippen LogP contribution is -2.26. The number of carbonyl (C=O) groups excluding carboxylic acids is 1. The topological polar surface area (TPSA) is 83.5 Å². The van der Waals surface area contributed by atoms with E-state index in [-0.39, 0.29) is 12.5 Å². The number of rotatable bonds is 9. The molecule has 2 aromatic rings. The van der Waals surface area contributed by atoms with E-state index in [1.807, 2.05) is 40.3 Å². The highest BCUT2D eigenvalue weighted by molar-refractivity contribution is 5.94. The van der Waals surface area contributed by atoms with E-state index in [9.17, 15) is 4.79 Å². The molecule has 2 rings (SSSR count). The van der Waals surface area contributed by atoms with E-state index < -0.39 is 0 Å². The van der Waals surface area contributed by atoms with Crippen LogP contribution < -0.4 is 19.9 Å². The first kappa shape index (κ1) is 20.4. The van der Waals surface area contributed by atoms with Gasteiger partial charge in [-0.1, -0.05) is 13.3 Å². The summed E-state index contributed by atoms with van der Waals surface area (Å²) in [6.07, 6.45) is 2.10. The molecule has 8 nitrogen and oxygen atoms in total. The van der Waals surface area contributed by atoms with Crippen LogP contribution in [0.4, 0.5) is 11.9 Å². The van der Waals surface area contributed by atoms with E-state index in [1.165, 1.54) is 0 Å². The van der Waals surface area contributed by atoms with Crippen molar-refractivity contribution in [3.8, 4) is 5.75 Å². The van der Waals surface area contributed by atoms with E-state index in [2.05, 4.69) is 27.2 Å². The number of benzene rings is 1. The summed E-state index contributed by atoms with van der Waals surface area (Å²) in [5.41, 5.74) is 0.563. The third-order valence-corrected chi connectivity index (χ3v) is 3.75. The van der Waals surface area contributed by atoms with Crippen LogP contribution in [0.25, 0.3) is 0 Å². The van der Waals surface area contributed by atoms with Gasteiger partial charge in [-0.25, -0.2) is 0 Å². The molecule has 0 spiro atoms. The first-order chi connectivity index (χ1) is 12.9. The van der Waals surface area contributed by atoms with Crippen LogP contribution >= 0.6 is 0 Å². The van der Waals surface area contributed by atoms with Crippen LogP contribution in [0.3, 0.4) is 0 Å². The van der Waals surface area contributed by atoms with Gasteiger partial charge in [-0.2, -0.15) is 15.0 Å². The fraction of sp³-hybridized carbons (Fsp3) is 0.474. The molecule has 0 aliphatic heterocycles. The van der Waals surface area contributed by atoms with Crippen molar-refractivity contribution in [3.05, 3.63) is 35.7 Å². The van der Waals surface area contributed by atoms with Crippen molar-refractivity contribution in [2.24, 2.45) is 0 Å². The summed E-state index contributed by atoms with van der Waals surface area (Å²) in [5, 5.41) is 2.85. The first-order valence-corrected chi connectivity index (χ1v) is 9.01. The molecule has 1 amide bonds. The number of hydrogen-bond donors (Lipinski definition) is 1. The molecular weight excluding hydrogens is 344 g/mol. The average molecular weight is 372 g/mol. The Bertz CT molecular complexity index is 720. The number of amides is 1. The van der Waals surface area contributed by atoms with Crippen molar-refractivity contribution in [2.45, 2.75) is 26.3 Å². The van der Waals surface area contributed by atoms with Crippen molar-refractivity contribution in [1.82, 2.24) is 20.3 Å². The maximum absolute atomic E-state index is 12.4. The van der Waals surface area contributed by atoms with Crippen molar-refractivity contribution >= 4 is 17.8 Å². The zero-order valence-corrected chi connectivity index (χ0v) is 16.7. The fourth-order valence-electron chi connectivity index (χ4n) is 2.17. The van der Waals surface area contributed by atoms with Crippen LogP contribution in [-0.4, -0.2) is 55.7 Å². The van der Waals surface area contributed by atoms with E-state index in [0.29, 0.717) is 29.9 Å². The molecule has 1 aromatic heterocycles. The van der Waals surface area contributed by atoms with Crippen molar-refractivity contribution < 1.29 is 9.53 Å². The second kappa shape index (κ2) is 9.70. The number of anilines is 2.